The van der Waals surface area contributed by atoms with Crippen molar-refractivity contribution in [2.75, 3.05) is 11.1 Å². The number of amides is 1. The summed E-state index contributed by atoms with van der Waals surface area (Å²) in [7, 11) is 0. The zero-order chi connectivity index (χ0) is 14.2. The number of aryl methyl sites for hydroxylation is 1. The Bertz CT molecular complexity index is 634. The number of primary amides is 1. The molecular weight excluding hydrogens is 262 g/mol. The van der Waals surface area contributed by atoms with Gasteiger partial charge in [0.2, 0.25) is 11.9 Å². The number of carbonyl (C=O) groups excluding carboxylic acids is 1. The van der Waals surface area contributed by atoms with Gasteiger partial charge in [-0.1, -0.05) is 0 Å². The number of carbonyl (C=O) groups is 1. The number of hydrogen-bond donors (Lipinski definition) is 3. The van der Waals surface area contributed by atoms with Crippen molar-refractivity contribution in [2.24, 2.45) is 5.73 Å². The van der Waals surface area contributed by atoms with Gasteiger partial charge in [-0.15, -0.1) is 11.3 Å². The highest BCUT2D eigenvalue weighted by Gasteiger charge is 2.22. The highest BCUT2D eigenvalue weighted by atomic mass is 32.1. The molecule has 1 amide bonds. The normalized spacial score (nSPS) is 11.7. The van der Waals surface area contributed by atoms with E-state index in [1.54, 1.807) is 11.3 Å². The summed E-state index contributed by atoms with van der Waals surface area (Å²) in [6.45, 7) is 5.78. The molecule has 0 fully saturated rings. The van der Waals surface area contributed by atoms with Gasteiger partial charge < -0.3 is 16.8 Å². The molecule has 0 saturated carbocycles. The lowest BCUT2D eigenvalue weighted by atomic mass is 10.0. The number of thiophene rings is 1. The van der Waals surface area contributed by atoms with Gasteiger partial charge >= 0.3 is 0 Å². The van der Waals surface area contributed by atoms with Crippen LogP contribution < -0.4 is 16.8 Å². The van der Waals surface area contributed by atoms with Gasteiger partial charge in [0.25, 0.3) is 0 Å². The van der Waals surface area contributed by atoms with Crippen molar-refractivity contribution in [3.05, 3.63) is 10.9 Å². The van der Waals surface area contributed by atoms with Gasteiger partial charge in [-0.05, 0) is 26.8 Å². The van der Waals surface area contributed by atoms with Crippen LogP contribution in [0.4, 0.5) is 11.8 Å². The van der Waals surface area contributed by atoms with Crippen LogP contribution in [0.1, 0.15) is 25.1 Å². The summed E-state index contributed by atoms with van der Waals surface area (Å²) in [6.07, 6.45) is 0.210. The minimum Gasteiger partial charge on any atom is -0.370 e. The molecule has 2 aromatic rings. The highest BCUT2D eigenvalue weighted by molar-refractivity contribution is 7.18. The number of nitrogens with zero attached hydrogens (tertiary/aromatic N) is 2. The topological polar surface area (TPSA) is 107 Å². The van der Waals surface area contributed by atoms with Gasteiger partial charge in [0.05, 0.1) is 5.39 Å². The first-order valence-corrected chi connectivity index (χ1v) is 6.69. The molecule has 2 aromatic heterocycles. The predicted molar refractivity (Wildman–Crippen MR) is 78.1 cm³/mol. The molecule has 2 heterocycles. The van der Waals surface area contributed by atoms with Crippen LogP contribution in [0.2, 0.25) is 0 Å². The average Bonchev–Trinajstić information content (AvgIpc) is 2.55. The number of rotatable bonds is 4. The van der Waals surface area contributed by atoms with Crippen LogP contribution >= 0.6 is 11.3 Å². The number of hydrogen-bond acceptors (Lipinski definition) is 6. The van der Waals surface area contributed by atoms with Crippen LogP contribution in [-0.2, 0) is 4.79 Å². The zero-order valence-electron chi connectivity index (χ0n) is 11.2. The molecule has 6 nitrogen and oxygen atoms in total. The molecule has 0 unspecified atom stereocenters. The third-order valence-electron chi connectivity index (χ3n) is 2.61. The van der Waals surface area contributed by atoms with Gasteiger partial charge in [-0.25, -0.2) is 4.98 Å². The van der Waals surface area contributed by atoms with Gasteiger partial charge in [0, 0.05) is 16.8 Å². The second-order valence-corrected chi connectivity index (χ2v) is 6.39. The number of anilines is 2. The van der Waals surface area contributed by atoms with Crippen molar-refractivity contribution in [2.45, 2.75) is 32.7 Å². The molecular formula is C12H17N5OS. The van der Waals surface area contributed by atoms with E-state index in [4.69, 9.17) is 11.5 Å². The molecule has 0 atom stereocenters. The van der Waals surface area contributed by atoms with Crippen molar-refractivity contribution in [3.63, 3.8) is 0 Å². The first-order valence-electron chi connectivity index (χ1n) is 5.87. The van der Waals surface area contributed by atoms with E-state index in [1.165, 1.54) is 0 Å². The SMILES string of the molecule is Cc1cc2c(NC(C)(C)CC(N)=O)nc(N)nc2s1. The Kier molecular flexibility index (Phi) is 3.32. The van der Waals surface area contributed by atoms with Crippen LogP contribution in [0.5, 0.6) is 0 Å². The summed E-state index contributed by atoms with van der Waals surface area (Å²) in [5.74, 6) is 0.488. The number of fused-ring (bicyclic) bond motifs is 1. The monoisotopic (exact) mass is 279 g/mol. The number of nitrogen functional groups attached to an aromatic ring is 1. The minimum absolute atomic E-state index is 0.210. The standard InChI is InChI=1S/C12H17N5OS/c1-6-4-7-9(15-11(14)16-10(7)19-6)17-12(2,3)5-8(13)18/h4H,5H2,1-3H3,(H2,13,18)(H3,14,15,16,17). The fourth-order valence-corrected chi connectivity index (χ4v) is 2.84. The summed E-state index contributed by atoms with van der Waals surface area (Å²) in [4.78, 5) is 21.5. The Morgan fingerprint density at radius 2 is 2.16 bits per heavy atom. The molecule has 0 saturated heterocycles. The first kappa shape index (κ1) is 13.5. The van der Waals surface area contributed by atoms with E-state index in [0.29, 0.717) is 5.82 Å². The third-order valence-corrected chi connectivity index (χ3v) is 3.55. The Balaban J connectivity index is 2.41. The molecule has 0 bridgehead atoms. The number of aromatic nitrogens is 2. The van der Waals surface area contributed by atoms with Crippen molar-refractivity contribution in [1.82, 2.24) is 9.97 Å². The largest absolute Gasteiger partial charge is 0.370 e. The third kappa shape index (κ3) is 3.11. The molecule has 2 rings (SSSR count). The van der Waals surface area contributed by atoms with E-state index < -0.39 is 5.54 Å². The summed E-state index contributed by atoms with van der Waals surface area (Å²) < 4.78 is 0. The summed E-state index contributed by atoms with van der Waals surface area (Å²) >= 11 is 1.56. The van der Waals surface area contributed by atoms with Gasteiger partial charge in [-0.2, -0.15) is 4.98 Å². The first-order chi connectivity index (χ1) is 8.77. The summed E-state index contributed by atoms with van der Waals surface area (Å²) in [6, 6.07) is 2.00. The second-order valence-electron chi connectivity index (χ2n) is 5.16. The maximum Gasteiger partial charge on any atom is 0.223 e. The Morgan fingerprint density at radius 3 is 2.79 bits per heavy atom. The molecule has 0 aliphatic carbocycles. The Morgan fingerprint density at radius 1 is 1.47 bits per heavy atom. The van der Waals surface area contributed by atoms with E-state index in [2.05, 4.69) is 15.3 Å². The van der Waals surface area contributed by atoms with Gasteiger partial charge in [-0.3, -0.25) is 4.79 Å². The molecule has 5 N–H and O–H groups in total. The minimum atomic E-state index is -0.491. The fourth-order valence-electron chi connectivity index (χ4n) is 1.95. The van der Waals surface area contributed by atoms with E-state index >= 15 is 0 Å². The summed E-state index contributed by atoms with van der Waals surface area (Å²) in [5, 5.41) is 4.13. The predicted octanol–water partition coefficient (Wildman–Crippen LogP) is 1.65. The Labute approximate surface area is 115 Å². The molecule has 7 heteroatoms. The van der Waals surface area contributed by atoms with Crippen molar-refractivity contribution in [1.29, 1.82) is 0 Å². The van der Waals surface area contributed by atoms with E-state index in [0.717, 1.165) is 15.1 Å². The molecule has 102 valence electrons. The molecule has 0 spiro atoms. The lowest BCUT2D eigenvalue weighted by Gasteiger charge is -2.25. The molecule has 0 aliphatic heterocycles. The maximum absolute atomic E-state index is 11.1. The summed E-state index contributed by atoms with van der Waals surface area (Å²) in [5.41, 5.74) is 10.5. The van der Waals surface area contributed by atoms with Crippen molar-refractivity contribution in [3.8, 4) is 0 Å². The maximum atomic E-state index is 11.1. The number of nitrogens with two attached hydrogens (primary N) is 2. The van der Waals surface area contributed by atoms with Crippen molar-refractivity contribution < 1.29 is 4.79 Å². The van der Waals surface area contributed by atoms with E-state index in [9.17, 15) is 4.79 Å². The van der Waals surface area contributed by atoms with Crippen LogP contribution in [0.15, 0.2) is 6.07 Å². The van der Waals surface area contributed by atoms with Gasteiger partial charge in [0.1, 0.15) is 10.6 Å². The quantitative estimate of drug-likeness (QED) is 0.788. The molecule has 0 aromatic carbocycles. The fraction of sp³-hybridized carbons (Fsp3) is 0.417. The lowest BCUT2D eigenvalue weighted by molar-refractivity contribution is -0.118. The van der Waals surface area contributed by atoms with E-state index in [1.807, 2.05) is 26.8 Å². The average molecular weight is 279 g/mol. The lowest BCUT2D eigenvalue weighted by Crippen LogP contribution is -2.36. The van der Waals surface area contributed by atoms with Crippen LogP contribution in [0, 0.1) is 6.92 Å². The van der Waals surface area contributed by atoms with E-state index in [-0.39, 0.29) is 18.3 Å². The van der Waals surface area contributed by atoms with Crippen LogP contribution in [0.3, 0.4) is 0 Å². The smallest absolute Gasteiger partial charge is 0.223 e. The zero-order valence-corrected chi connectivity index (χ0v) is 12.0. The van der Waals surface area contributed by atoms with Crippen LogP contribution in [-0.4, -0.2) is 21.4 Å². The molecule has 0 aliphatic rings. The van der Waals surface area contributed by atoms with Crippen LogP contribution in [0.25, 0.3) is 10.2 Å². The second kappa shape index (κ2) is 4.65. The highest BCUT2D eigenvalue weighted by Crippen LogP contribution is 2.30. The molecule has 0 radical (unpaired) electrons. The van der Waals surface area contributed by atoms with Crippen molar-refractivity contribution >= 4 is 39.2 Å². The Hall–Kier alpha value is -1.89. The van der Waals surface area contributed by atoms with Gasteiger partial charge in [0.15, 0.2) is 0 Å². The molecule has 19 heavy (non-hydrogen) atoms. The number of nitrogens with one attached hydrogen (secondary N) is 1.